The van der Waals surface area contributed by atoms with Crippen LogP contribution in [0.2, 0.25) is 0 Å². The topological polar surface area (TPSA) is 79.4 Å². The van der Waals surface area contributed by atoms with E-state index in [9.17, 15) is 5.26 Å². The number of aromatic nitrogens is 4. The first-order valence-electron chi connectivity index (χ1n) is 7.80. The molecule has 4 rings (SSSR count). The maximum absolute atomic E-state index is 9.69. The molecule has 1 N–H and O–H groups in total. The summed E-state index contributed by atoms with van der Waals surface area (Å²) in [6.07, 6.45) is 3.40. The van der Waals surface area contributed by atoms with Crippen LogP contribution in [0.15, 0.2) is 60.9 Å². The molecule has 2 heterocycles. The number of aryl methyl sites for hydroxylation is 1. The maximum Gasteiger partial charge on any atom is 0.149 e. The van der Waals surface area contributed by atoms with Gasteiger partial charge in [0.15, 0.2) is 0 Å². The molecule has 25 heavy (non-hydrogen) atoms. The summed E-state index contributed by atoms with van der Waals surface area (Å²) < 4.78 is 1.68. The van der Waals surface area contributed by atoms with Gasteiger partial charge >= 0.3 is 0 Å². The lowest BCUT2D eigenvalue weighted by Crippen LogP contribution is -2.03. The molecule has 0 aliphatic carbocycles. The highest BCUT2D eigenvalue weighted by Gasteiger charge is 2.16. The Hall–Kier alpha value is -3.72. The number of pyridine rings is 1. The quantitative estimate of drug-likeness (QED) is 0.620. The second kappa shape index (κ2) is 6.06. The second-order valence-electron chi connectivity index (χ2n) is 5.58. The smallest absolute Gasteiger partial charge is 0.149 e. The molecule has 0 saturated carbocycles. The number of fused-ring (bicyclic) bond motifs is 1. The van der Waals surface area contributed by atoms with E-state index in [1.807, 2.05) is 55.5 Å². The number of anilines is 2. The molecule has 0 aliphatic rings. The van der Waals surface area contributed by atoms with Gasteiger partial charge in [0, 0.05) is 11.1 Å². The lowest BCUT2D eigenvalue weighted by Gasteiger charge is -2.14. The Morgan fingerprint density at radius 2 is 1.92 bits per heavy atom. The van der Waals surface area contributed by atoms with Crippen molar-refractivity contribution in [2.24, 2.45) is 0 Å². The van der Waals surface area contributed by atoms with Crippen LogP contribution >= 0.6 is 0 Å². The molecule has 0 fully saturated rings. The van der Waals surface area contributed by atoms with Crippen LogP contribution in [-0.2, 0) is 0 Å². The van der Waals surface area contributed by atoms with E-state index in [0.717, 1.165) is 27.8 Å². The third-order valence-corrected chi connectivity index (χ3v) is 4.06. The van der Waals surface area contributed by atoms with Gasteiger partial charge in [0.25, 0.3) is 0 Å². The standard InChI is InChI=1S/C19H14N6/c1-13-15(12-20)19(22-14-6-3-2-4-7-14)23-16-8-5-9-17(18(13)16)25-11-10-21-24-25/h2-11H,1H3,(H,22,23). The molecule has 6 nitrogen and oxygen atoms in total. The summed E-state index contributed by atoms with van der Waals surface area (Å²) in [6, 6.07) is 17.8. The van der Waals surface area contributed by atoms with E-state index in [-0.39, 0.29) is 0 Å². The average Bonchev–Trinajstić information content (AvgIpc) is 3.17. The first-order valence-corrected chi connectivity index (χ1v) is 7.80. The van der Waals surface area contributed by atoms with Crippen LogP contribution in [0.3, 0.4) is 0 Å². The van der Waals surface area contributed by atoms with Crippen LogP contribution < -0.4 is 5.32 Å². The number of benzene rings is 2. The minimum atomic E-state index is 0.518. The molecular formula is C19H14N6. The Kier molecular flexibility index (Phi) is 3.60. The number of rotatable bonds is 3. The van der Waals surface area contributed by atoms with Crippen LogP contribution in [0, 0.1) is 18.3 Å². The lowest BCUT2D eigenvalue weighted by molar-refractivity contribution is 0.807. The zero-order valence-electron chi connectivity index (χ0n) is 13.5. The minimum Gasteiger partial charge on any atom is -0.339 e. The van der Waals surface area contributed by atoms with Crippen LogP contribution in [0.4, 0.5) is 11.5 Å². The summed E-state index contributed by atoms with van der Waals surface area (Å²) in [7, 11) is 0. The molecule has 0 radical (unpaired) electrons. The van der Waals surface area contributed by atoms with Crippen molar-refractivity contribution in [1.82, 2.24) is 20.0 Å². The lowest BCUT2D eigenvalue weighted by atomic mass is 10.0. The Morgan fingerprint density at radius 3 is 2.64 bits per heavy atom. The molecule has 0 atom stereocenters. The van der Waals surface area contributed by atoms with E-state index >= 15 is 0 Å². The van der Waals surface area contributed by atoms with E-state index in [1.54, 1.807) is 17.1 Å². The highest BCUT2D eigenvalue weighted by atomic mass is 15.4. The van der Waals surface area contributed by atoms with Gasteiger partial charge in [-0.15, -0.1) is 5.10 Å². The molecule has 0 saturated heterocycles. The van der Waals surface area contributed by atoms with E-state index in [2.05, 4.69) is 26.7 Å². The predicted octanol–water partition coefficient (Wildman–Crippen LogP) is 3.74. The highest BCUT2D eigenvalue weighted by molar-refractivity contribution is 5.94. The molecule has 120 valence electrons. The number of nitrogens with zero attached hydrogens (tertiary/aromatic N) is 5. The summed E-state index contributed by atoms with van der Waals surface area (Å²) in [5.41, 5.74) is 3.91. The number of nitriles is 1. The number of para-hydroxylation sites is 1. The SMILES string of the molecule is Cc1c(C#N)c(Nc2ccccc2)nc2cccc(-n3ccnn3)c12. The van der Waals surface area contributed by atoms with Gasteiger partial charge in [0.2, 0.25) is 0 Å². The van der Waals surface area contributed by atoms with Crippen LogP contribution in [0.5, 0.6) is 0 Å². The summed E-state index contributed by atoms with van der Waals surface area (Å²) in [4.78, 5) is 4.68. The van der Waals surface area contributed by atoms with Crippen LogP contribution in [0.25, 0.3) is 16.6 Å². The van der Waals surface area contributed by atoms with E-state index in [4.69, 9.17) is 0 Å². The second-order valence-corrected chi connectivity index (χ2v) is 5.58. The Labute approximate surface area is 144 Å². The maximum atomic E-state index is 9.69. The molecule has 0 spiro atoms. The van der Waals surface area contributed by atoms with Gasteiger partial charge < -0.3 is 5.32 Å². The zero-order chi connectivity index (χ0) is 17.2. The van der Waals surface area contributed by atoms with Crippen LogP contribution in [-0.4, -0.2) is 20.0 Å². The molecule has 6 heteroatoms. The van der Waals surface area contributed by atoms with Crippen molar-refractivity contribution in [3.8, 4) is 11.8 Å². The molecule has 4 aromatic rings. The molecular weight excluding hydrogens is 312 g/mol. The van der Waals surface area contributed by atoms with Gasteiger partial charge in [0.1, 0.15) is 11.9 Å². The number of hydrogen-bond acceptors (Lipinski definition) is 5. The fourth-order valence-corrected chi connectivity index (χ4v) is 2.90. The van der Waals surface area contributed by atoms with Crippen molar-refractivity contribution in [2.45, 2.75) is 6.92 Å². The van der Waals surface area contributed by atoms with Crippen molar-refractivity contribution in [3.05, 3.63) is 72.1 Å². The van der Waals surface area contributed by atoms with E-state index < -0.39 is 0 Å². The number of hydrogen-bond donors (Lipinski definition) is 1. The minimum absolute atomic E-state index is 0.518. The summed E-state index contributed by atoms with van der Waals surface area (Å²) in [6.45, 7) is 1.93. The molecule has 2 aromatic heterocycles. The number of nitrogens with one attached hydrogen (secondary N) is 1. The van der Waals surface area contributed by atoms with Crippen molar-refractivity contribution in [1.29, 1.82) is 5.26 Å². The largest absolute Gasteiger partial charge is 0.339 e. The first-order chi connectivity index (χ1) is 12.3. The summed E-state index contributed by atoms with van der Waals surface area (Å²) >= 11 is 0. The normalized spacial score (nSPS) is 10.6. The average molecular weight is 326 g/mol. The van der Waals surface area contributed by atoms with Crippen molar-refractivity contribution in [3.63, 3.8) is 0 Å². The monoisotopic (exact) mass is 326 g/mol. The molecule has 0 aliphatic heterocycles. The van der Waals surface area contributed by atoms with Gasteiger partial charge in [-0.05, 0) is 36.8 Å². The zero-order valence-corrected chi connectivity index (χ0v) is 13.5. The van der Waals surface area contributed by atoms with E-state index in [0.29, 0.717) is 11.4 Å². The van der Waals surface area contributed by atoms with Crippen molar-refractivity contribution in [2.75, 3.05) is 5.32 Å². The van der Waals surface area contributed by atoms with Gasteiger partial charge in [0.05, 0.1) is 29.2 Å². The van der Waals surface area contributed by atoms with Crippen molar-refractivity contribution < 1.29 is 0 Å². The summed E-state index contributed by atoms with van der Waals surface area (Å²) in [5.74, 6) is 0.550. The third kappa shape index (κ3) is 2.58. The fraction of sp³-hybridized carbons (Fsp3) is 0.0526. The summed E-state index contributed by atoms with van der Waals surface area (Å²) in [5, 5.41) is 21.8. The molecule has 0 bridgehead atoms. The highest BCUT2D eigenvalue weighted by Crippen LogP contribution is 2.31. The van der Waals surface area contributed by atoms with Gasteiger partial charge in [-0.3, -0.25) is 0 Å². The van der Waals surface area contributed by atoms with Gasteiger partial charge in [-0.2, -0.15) is 5.26 Å². The predicted molar refractivity (Wildman–Crippen MR) is 95.8 cm³/mol. The van der Waals surface area contributed by atoms with Crippen LogP contribution in [0.1, 0.15) is 11.1 Å². The van der Waals surface area contributed by atoms with Gasteiger partial charge in [-0.25, -0.2) is 9.67 Å². The molecule has 0 unspecified atom stereocenters. The first kappa shape index (κ1) is 14.8. The van der Waals surface area contributed by atoms with E-state index in [1.165, 1.54) is 0 Å². The third-order valence-electron chi connectivity index (χ3n) is 4.06. The Balaban J connectivity index is 1.94. The fourth-order valence-electron chi connectivity index (χ4n) is 2.90. The molecule has 2 aromatic carbocycles. The van der Waals surface area contributed by atoms with Crippen molar-refractivity contribution >= 4 is 22.4 Å². The van der Waals surface area contributed by atoms with Gasteiger partial charge in [-0.1, -0.05) is 29.5 Å². The Bertz CT molecular complexity index is 1080. The molecule has 0 amide bonds. The Morgan fingerprint density at radius 1 is 1.08 bits per heavy atom.